The molecular weight excluding hydrogens is 153 g/mol. The van der Waals surface area contributed by atoms with Crippen LogP contribution in [0.15, 0.2) is 0 Å². The van der Waals surface area contributed by atoms with Crippen molar-refractivity contribution in [2.75, 3.05) is 26.4 Å². The molecule has 0 aliphatic heterocycles. The molecule has 11 heavy (non-hydrogen) atoms. The van der Waals surface area contributed by atoms with Crippen LogP contribution in [0.3, 0.4) is 0 Å². The summed E-state index contributed by atoms with van der Waals surface area (Å²) < 4.78 is 0. The topological polar surface area (TPSA) is 12.0 Å². The van der Waals surface area contributed by atoms with E-state index in [2.05, 4.69) is 31.6 Å². The molecule has 1 atom stereocenters. The highest BCUT2D eigenvalue weighted by molar-refractivity contribution is 7.56. The smallest absolute Gasteiger partial charge is 0.118 e. The van der Waals surface area contributed by atoms with E-state index in [1.165, 1.54) is 12.6 Å². The fourth-order valence-electron chi connectivity index (χ4n) is 0.770. The number of rotatable bonds is 5. The molecule has 0 aromatic heterocycles. The van der Waals surface area contributed by atoms with Crippen LogP contribution in [-0.4, -0.2) is 32.2 Å². The minimum atomic E-state index is 0.194. The summed E-state index contributed by atoms with van der Waals surface area (Å²) >= 11 is 0. The van der Waals surface area contributed by atoms with Gasteiger partial charge in [-0.25, -0.2) is 0 Å². The van der Waals surface area contributed by atoms with Gasteiger partial charge >= 0.3 is 0 Å². The Morgan fingerprint density at radius 2 is 2.09 bits per heavy atom. The Labute approximate surface area is 72.0 Å². The van der Waals surface area contributed by atoms with E-state index in [1.807, 2.05) is 7.05 Å². The quantitative estimate of drug-likeness (QED) is 0.630. The molecule has 1 unspecified atom stereocenters. The first-order chi connectivity index (χ1) is 5.16. The van der Waals surface area contributed by atoms with Gasteiger partial charge in [0.1, 0.15) is 6.16 Å². The van der Waals surface area contributed by atoms with Crippen molar-refractivity contribution < 1.29 is 0 Å². The monoisotopic (exact) mass is 174 g/mol. The van der Waals surface area contributed by atoms with Gasteiger partial charge in [-0.15, -0.1) is 0 Å². The fraction of sp³-hybridized carbons (Fsp3) is 0.889. The van der Waals surface area contributed by atoms with Gasteiger partial charge in [0, 0.05) is 13.0 Å². The van der Waals surface area contributed by atoms with Crippen LogP contribution >= 0.6 is 7.55 Å². The van der Waals surface area contributed by atoms with Crippen LogP contribution in [-0.2, 0) is 0 Å². The molecule has 0 saturated heterocycles. The Morgan fingerprint density at radius 3 is 2.55 bits per heavy atom. The molecule has 0 aromatic carbocycles. The van der Waals surface area contributed by atoms with Gasteiger partial charge in [0.15, 0.2) is 0 Å². The summed E-state index contributed by atoms with van der Waals surface area (Å²) in [4.78, 5) is 0. The van der Waals surface area contributed by atoms with Crippen LogP contribution in [0.4, 0.5) is 0 Å². The molecule has 0 heterocycles. The van der Waals surface area contributed by atoms with Crippen LogP contribution in [0.1, 0.15) is 20.3 Å². The molecular formula is C9H21NP+. The van der Waals surface area contributed by atoms with E-state index in [4.69, 9.17) is 0 Å². The van der Waals surface area contributed by atoms with E-state index in [-0.39, 0.29) is 7.55 Å². The lowest BCUT2D eigenvalue weighted by atomic mass is 10.2. The molecule has 0 aromatic rings. The summed E-state index contributed by atoms with van der Waals surface area (Å²) in [7, 11) is 2.21. The van der Waals surface area contributed by atoms with Crippen molar-refractivity contribution >= 4 is 13.3 Å². The number of nitrogens with one attached hydrogen (secondary N) is 1. The van der Waals surface area contributed by atoms with Crippen LogP contribution in [0.2, 0.25) is 0 Å². The van der Waals surface area contributed by atoms with Crippen molar-refractivity contribution in [1.82, 2.24) is 5.32 Å². The largest absolute Gasteiger partial charge is 0.316 e. The maximum atomic E-state index is 3.18. The van der Waals surface area contributed by atoms with Crippen molar-refractivity contribution in [3.63, 3.8) is 0 Å². The Morgan fingerprint density at radius 1 is 1.45 bits per heavy atom. The Balaban J connectivity index is 3.46. The molecule has 66 valence electrons. The second-order valence-electron chi connectivity index (χ2n) is 3.40. The van der Waals surface area contributed by atoms with E-state index in [9.17, 15) is 0 Å². The summed E-state index contributed by atoms with van der Waals surface area (Å²) in [6, 6.07) is 0. The predicted molar refractivity (Wildman–Crippen MR) is 57.2 cm³/mol. The van der Waals surface area contributed by atoms with E-state index in [1.54, 1.807) is 0 Å². The molecule has 0 bridgehead atoms. The lowest BCUT2D eigenvalue weighted by Gasteiger charge is -1.95. The van der Waals surface area contributed by atoms with Gasteiger partial charge in [-0.2, -0.15) is 0 Å². The Hall–Kier alpha value is 0.130. The zero-order valence-electron chi connectivity index (χ0n) is 8.22. The van der Waals surface area contributed by atoms with Gasteiger partial charge in [0.05, 0.1) is 20.0 Å². The highest BCUT2D eigenvalue weighted by Crippen LogP contribution is 2.16. The molecule has 0 amide bonds. The van der Waals surface area contributed by atoms with Gasteiger partial charge in [0.25, 0.3) is 0 Å². The highest BCUT2D eigenvalue weighted by Gasteiger charge is 2.00. The zero-order chi connectivity index (χ0) is 8.69. The molecule has 1 N–H and O–H groups in total. The minimum Gasteiger partial charge on any atom is -0.316 e. The summed E-state index contributed by atoms with van der Waals surface area (Å²) in [5, 5.41) is 3.18. The van der Waals surface area contributed by atoms with Crippen LogP contribution < -0.4 is 5.32 Å². The number of hydrogen-bond donors (Lipinski definition) is 1. The molecule has 2 heteroatoms. The second kappa shape index (κ2) is 6.82. The minimum absolute atomic E-state index is 0.194. The van der Waals surface area contributed by atoms with Crippen molar-refractivity contribution in [1.29, 1.82) is 0 Å². The highest BCUT2D eigenvalue weighted by atomic mass is 31.1. The van der Waals surface area contributed by atoms with E-state index in [0.717, 1.165) is 12.5 Å². The normalized spacial score (nSPS) is 12.6. The fourth-order valence-corrected chi connectivity index (χ4v) is 2.31. The van der Waals surface area contributed by atoms with Gasteiger partial charge in [-0.1, -0.05) is 13.8 Å². The molecule has 0 radical (unpaired) electrons. The first-order valence-corrected chi connectivity index (χ1v) is 6.39. The third-order valence-corrected chi connectivity index (χ3v) is 3.37. The zero-order valence-corrected chi connectivity index (χ0v) is 9.12. The van der Waals surface area contributed by atoms with Crippen molar-refractivity contribution in [2.45, 2.75) is 20.3 Å². The molecule has 0 aliphatic rings. The standard InChI is InChI=1S/C9H21NP/c1-9(2)5-7-11(4)8-6-10-3/h7,9-10H,5-6,8H2,1-4H3/q+1. The van der Waals surface area contributed by atoms with Crippen LogP contribution in [0.5, 0.6) is 0 Å². The maximum Gasteiger partial charge on any atom is 0.118 e. The summed E-state index contributed by atoms with van der Waals surface area (Å²) in [5.41, 5.74) is 0. The third kappa shape index (κ3) is 8.03. The average molecular weight is 174 g/mol. The number of hydrogen-bond acceptors (Lipinski definition) is 1. The Kier molecular flexibility index (Phi) is 6.90. The maximum absolute atomic E-state index is 3.18. The van der Waals surface area contributed by atoms with Crippen LogP contribution in [0.25, 0.3) is 0 Å². The molecule has 1 nitrogen and oxygen atoms in total. The van der Waals surface area contributed by atoms with Gasteiger partial charge < -0.3 is 5.32 Å². The van der Waals surface area contributed by atoms with E-state index >= 15 is 0 Å². The summed E-state index contributed by atoms with van der Waals surface area (Å²) in [6.07, 6.45) is 2.62. The lowest BCUT2D eigenvalue weighted by molar-refractivity contribution is 0.694. The SMILES string of the molecule is CNCC[P+](C)=CCC(C)C. The predicted octanol–water partition coefficient (Wildman–Crippen LogP) is 2.17. The Bertz CT molecular complexity index is 119. The van der Waals surface area contributed by atoms with Gasteiger partial charge in [0.2, 0.25) is 0 Å². The molecule has 0 rings (SSSR count). The van der Waals surface area contributed by atoms with Gasteiger partial charge in [-0.05, 0) is 13.0 Å². The van der Waals surface area contributed by atoms with Gasteiger partial charge in [-0.3, -0.25) is 0 Å². The van der Waals surface area contributed by atoms with Crippen molar-refractivity contribution in [2.24, 2.45) is 5.92 Å². The van der Waals surface area contributed by atoms with Crippen molar-refractivity contribution in [3.8, 4) is 0 Å². The molecule has 0 fully saturated rings. The van der Waals surface area contributed by atoms with Crippen molar-refractivity contribution in [3.05, 3.63) is 0 Å². The molecule has 0 saturated carbocycles. The first-order valence-electron chi connectivity index (χ1n) is 4.35. The van der Waals surface area contributed by atoms with E-state index in [0.29, 0.717) is 0 Å². The lowest BCUT2D eigenvalue weighted by Crippen LogP contribution is -2.09. The first kappa shape index (κ1) is 11.1. The average Bonchev–Trinajstić information content (AvgIpc) is 1.97. The summed E-state index contributed by atoms with van der Waals surface area (Å²) in [5.74, 6) is 3.33. The summed E-state index contributed by atoms with van der Waals surface area (Å²) in [6.45, 7) is 8.07. The second-order valence-corrected chi connectivity index (χ2v) is 5.72. The van der Waals surface area contributed by atoms with E-state index < -0.39 is 0 Å². The third-order valence-electron chi connectivity index (χ3n) is 1.60. The molecule has 0 aliphatic carbocycles. The van der Waals surface area contributed by atoms with Crippen LogP contribution in [0, 0.1) is 5.92 Å². The molecule has 0 spiro atoms.